The van der Waals surface area contributed by atoms with Gasteiger partial charge in [-0.1, -0.05) is 18.2 Å². The maximum atomic E-state index is 11.9. The molecule has 0 spiro atoms. The number of aryl methyl sites for hydroxylation is 1. The van der Waals surface area contributed by atoms with E-state index in [1.807, 2.05) is 41.1 Å². The molecule has 0 aliphatic heterocycles. The number of hydrogen-bond donors (Lipinski definition) is 1. The van der Waals surface area contributed by atoms with Crippen LogP contribution in [-0.4, -0.2) is 25.5 Å². The molecule has 3 rings (SSSR count). The van der Waals surface area contributed by atoms with Gasteiger partial charge in [-0.3, -0.25) is 4.79 Å². The zero-order valence-corrected chi connectivity index (χ0v) is 10.4. The number of nitrogens with zero attached hydrogens (tertiary/aromatic N) is 4. The molecule has 0 radical (unpaired) electrons. The fourth-order valence-corrected chi connectivity index (χ4v) is 2.02. The average molecular weight is 255 g/mol. The monoisotopic (exact) mass is 255 g/mol. The lowest BCUT2D eigenvalue weighted by Gasteiger charge is -2.04. The van der Waals surface area contributed by atoms with E-state index >= 15 is 0 Å². The Morgan fingerprint density at radius 2 is 2.16 bits per heavy atom. The van der Waals surface area contributed by atoms with Crippen LogP contribution in [0.15, 0.2) is 42.7 Å². The Hall–Kier alpha value is -2.63. The lowest BCUT2D eigenvalue weighted by molar-refractivity contribution is -0.116. The van der Waals surface area contributed by atoms with Crippen molar-refractivity contribution in [2.75, 3.05) is 5.32 Å². The molecule has 1 amide bonds. The van der Waals surface area contributed by atoms with Gasteiger partial charge in [-0.05, 0) is 17.5 Å². The molecule has 6 heteroatoms. The van der Waals surface area contributed by atoms with Crippen LogP contribution in [0.2, 0.25) is 0 Å². The molecule has 0 aliphatic rings. The summed E-state index contributed by atoms with van der Waals surface area (Å²) < 4.78 is 1.90. The van der Waals surface area contributed by atoms with E-state index in [1.165, 1.54) is 11.0 Å². The molecular formula is C13H13N5O. The molecule has 0 saturated heterocycles. The van der Waals surface area contributed by atoms with Crippen molar-refractivity contribution >= 4 is 22.6 Å². The highest BCUT2D eigenvalue weighted by Gasteiger charge is 2.07. The Kier molecular flexibility index (Phi) is 2.75. The number of benzene rings is 1. The van der Waals surface area contributed by atoms with Crippen molar-refractivity contribution in [1.82, 2.24) is 19.6 Å². The number of para-hydroxylation sites is 1. The van der Waals surface area contributed by atoms with Crippen LogP contribution >= 0.6 is 0 Å². The summed E-state index contributed by atoms with van der Waals surface area (Å²) in [6, 6.07) is 9.94. The van der Waals surface area contributed by atoms with Crippen molar-refractivity contribution in [2.45, 2.75) is 6.54 Å². The maximum Gasteiger partial charge on any atom is 0.245 e. The van der Waals surface area contributed by atoms with E-state index in [2.05, 4.69) is 15.5 Å². The average Bonchev–Trinajstić information content (AvgIpc) is 2.97. The Balaban J connectivity index is 1.76. The number of aromatic nitrogens is 4. The van der Waals surface area contributed by atoms with Gasteiger partial charge in [0.15, 0.2) is 5.82 Å². The number of amides is 1. The smallest absolute Gasteiger partial charge is 0.245 e. The standard InChI is InChI=1S/C13H13N5O/c1-17-14-8-12(16-17)15-13(19)9-18-7-6-10-4-2-3-5-11(10)18/h2-8H,9H2,1H3,(H,15,16,19). The minimum absolute atomic E-state index is 0.123. The third-order valence-corrected chi connectivity index (χ3v) is 2.86. The molecule has 0 atom stereocenters. The number of carbonyl (C=O) groups is 1. The number of anilines is 1. The second kappa shape index (κ2) is 4.56. The zero-order chi connectivity index (χ0) is 13.2. The van der Waals surface area contributed by atoms with Gasteiger partial charge >= 0.3 is 0 Å². The summed E-state index contributed by atoms with van der Waals surface area (Å²) in [5.74, 6) is 0.339. The number of rotatable bonds is 3. The van der Waals surface area contributed by atoms with Crippen LogP contribution in [0.3, 0.4) is 0 Å². The van der Waals surface area contributed by atoms with E-state index in [9.17, 15) is 4.79 Å². The van der Waals surface area contributed by atoms with Crippen molar-refractivity contribution in [2.24, 2.45) is 7.05 Å². The third kappa shape index (κ3) is 2.33. The SMILES string of the molecule is Cn1ncc(NC(=O)Cn2ccc3ccccc32)n1. The summed E-state index contributed by atoms with van der Waals surface area (Å²) in [6.45, 7) is 0.254. The lowest BCUT2D eigenvalue weighted by atomic mass is 10.2. The van der Waals surface area contributed by atoms with Gasteiger partial charge in [0.25, 0.3) is 0 Å². The summed E-state index contributed by atoms with van der Waals surface area (Å²) >= 11 is 0. The Morgan fingerprint density at radius 3 is 2.95 bits per heavy atom. The highest BCUT2D eigenvalue weighted by atomic mass is 16.2. The summed E-state index contributed by atoms with van der Waals surface area (Å²) in [5, 5.41) is 11.7. The first-order valence-electron chi connectivity index (χ1n) is 5.92. The van der Waals surface area contributed by atoms with Gasteiger partial charge in [-0.15, -0.1) is 5.10 Å². The van der Waals surface area contributed by atoms with Crippen LogP contribution in [-0.2, 0) is 18.4 Å². The van der Waals surface area contributed by atoms with Crippen molar-refractivity contribution in [3.8, 4) is 0 Å². The molecule has 0 saturated carbocycles. The molecule has 19 heavy (non-hydrogen) atoms. The van der Waals surface area contributed by atoms with Crippen LogP contribution in [0, 0.1) is 0 Å². The molecule has 0 aliphatic carbocycles. The number of nitrogens with one attached hydrogen (secondary N) is 1. The summed E-state index contributed by atoms with van der Waals surface area (Å²) in [6.07, 6.45) is 3.42. The van der Waals surface area contributed by atoms with Crippen LogP contribution in [0.4, 0.5) is 5.82 Å². The molecule has 0 unspecified atom stereocenters. The summed E-state index contributed by atoms with van der Waals surface area (Å²) in [4.78, 5) is 13.3. The van der Waals surface area contributed by atoms with Gasteiger partial charge < -0.3 is 9.88 Å². The topological polar surface area (TPSA) is 64.7 Å². The van der Waals surface area contributed by atoms with Crippen molar-refractivity contribution in [1.29, 1.82) is 0 Å². The maximum absolute atomic E-state index is 11.9. The highest BCUT2D eigenvalue weighted by Crippen LogP contribution is 2.14. The quantitative estimate of drug-likeness (QED) is 0.769. The Morgan fingerprint density at radius 1 is 1.32 bits per heavy atom. The number of carbonyl (C=O) groups excluding carboxylic acids is 1. The van der Waals surface area contributed by atoms with Crippen LogP contribution in [0.25, 0.3) is 10.9 Å². The van der Waals surface area contributed by atoms with E-state index in [1.54, 1.807) is 7.05 Å². The van der Waals surface area contributed by atoms with E-state index in [4.69, 9.17) is 0 Å². The van der Waals surface area contributed by atoms with E-state index in [0.29, 0.717) is 5.82 Å². The summed E-state index contributed by atoms with van der Waals surface area (Å²) in [5.41, 5.74) is 1.04. The molecule has 1 N–H and O–H groups in total. The van der Waals surface area contributed by atoms with Gasteiger partial charge in [0.05, 0.1) is 6.20 Å². The van der Waals surface area contributed by atoms with Gasteiger partial charge in [-0.2, -0.15) is 9.90 Å². The molecule has 0 fully saturated rings. The lowest BCUT2D eigenvalue weighted by Crippen LogP contribution is -2.18. The third-order valence-electron chi connectivity index (χ3n) is 2.86. The molecule has 2 heterocycles. The van der Waals surface area contributed by atoms with Crippen LogP contribution < -0.4 is 5.32 Å². The number of hydrogen-bond acceptors (Lipinski definition) is 3. The molecular weight excluding hydrogens is 242 g/mol. The normalized spacial score (nSPS) is 10.8. The molecule has 96 valence electrons. The predicted octanol–water partition coefficient (Wildman–Crippen LogP) is 1.41. The molecule has 2 aromatic heterocycles. The predicted molar refractivity (Wildman–Crippen MR) is 71.6 cm³/mol. The number of fused-ring (bicyclic) bond motifs is 1. The minimum Gasteiger partial charge on any atom is -0.338 e. The van der Waals surface area contributed by atoms with E-state index < -0.39 is 0 Å². The second-order valence-corrected chi connectivity index (χ2v) is 4.27. The first-order chi connectivity index (χ1) is 9.22. The highest BCUT2D eigenvalue weighted by molar-refractivity contribution is 5.91. The largest absolute Gasteiger partial charge is 0.338 e. The molecule has 1 aromatic carbocycles. The van der Waals surface area contributed by atoms with Gasteiger partial charge in [0.2, 0.25) is 5.91 Å². The summed E-state index contributed by atoms with van der Waals surface area (Å²) in [7, 11) is 1.70. The van der Waals surface area contributed by atoms with Gasteiger partial charge in [0.1, 0.15) is 6.54 Å². The van der Waals surface area contributed by atoms with Crippen molar-refractivity contribution in [3.05, 3.63) is 42.7 Å². The van der Waals surface area contributed by atoms with Crippen molar-refractivity contribution < 1.29 is 4.79 Å². The molecule has 6 nitrogen and oxygen atoms in total. The molecule has 0 bridgehead atoms. The fraction of sp³-hybridized carbons (Fsp3) is 0.154. The Labute approximate surface area is 109 Å². The fourth-order valence-electron chi connectivity index (χ4n) is 2.02. The molecule has 3 aromatic rings. The first kappa shape index (κ1) is 11.5. The first-order valence-corrected chi connectivity index (χ1v) is 5.92. The second-order valence-electron chi connectivity index (χ2n) is 4.27. The zero-order valence-electron chi connectivity index (χ0n) is 10.4. The van der Waals surface area contributed by atoms with Gasteiger partial charge in [0, 0.05) is 18.8 Å². The van der Waals surface area contributed by atoms with Crippen LogP contribution in [0.5, 0.6) is 0 Å². The van der Waals surface area contributed by atoms with E-state index in [0.717, 1.165) is 10.9 Å². The minimum atomic E-state index is -0.123. The van der Waals surface area contributed by atoms with Gasteiger partial charge in [-0.25, -0.2) is 0 Å². The Bertz CT molecular complexity index is 727. The van der Waals surface area contributed by atoms with Crippen molar-refractivity contribution in [3.63, 3.8) is 0 Å². The van der Waals surface area contributed by atoms with E-state index in [-0.39, 0.29) is 12.5 Å². The van der Waals surface area contributed by atoms with Crippen LogP contribution in [0.1, 0.15) is 0 Å².